The average molecular weight is 114 g/mol. The third-order valence-electron chi connectivity index (χ3n) is 1.04. The molecule has 1 N–H and O–H groups in total. The molecule has 0 aromatic rings. The first kappa shape index (κ1) is 7.96. The molecule has 0 amide bonds. The van der Waals surface area contributed by atoms with Gasteiger partial charge in [0.05, 0.1) is 6.10 Å². The number of rotatable bonds is 4. The van der Waals surface area contributed by atoms with Gasteiger partial charge in [0.1, 0.15) is 0 Å². The van der Waals surface area contributed by atoms with Crippen molar-refractivity contribution in [1.29, 1.82) is 0 Å². The molecule has 0 saturated heterocycles. The predicted molar refractivity (Wildman–Crippen MR) is 34.7 cm³/mol. The van der Waals surface area contributed by atoms with Gasteiger partial charge in [0.2, 0.25) is 0 Å². The molecule has 2 radical (unpaired) electrons. The van der Waals surface area contributed by atoms with Crippen molar-refractivity contribution in [3.05, 3.63) is 13.0 Å². The fraction of sp³-hybridized carbons (Fsp3) is 0.714. The molecule has 0 saturated carbocycles. The van der Waals surface area contributed by atoms with Gasteiger partial charge in [-0.05, 0) is 13.3 Å². The average Bonchev–Trinajstić information content (AvgIpc) is 1.66. The van der Waals surface area contributed by atoms with Gasteiger partial charge in [-0.2, -0.15) is 0 Å². The highest BCUT2D eigenvalue weighted by Gasteiger charge is 1.93. The molecule has 0 spiro atoms. The predicted octanol–water partition coefficient (Wildman–Crippen LogP) is 2.31. The van der Waals surface area contributed by atoms with Crippen LogP contribution in [-0.4, -0.2) is 5.11 Å². The van der Waals surface area contributed by atoms with Crippen molar-refractivity contribution >= 4 is 0 Å². The van der Waals surface area contributed by atoms with Crippen LogP contribution in [0.25, 0.3) is 0 Å². The van der Waals surface area contributed by atoms with E-state index < -0.39 is 0 Å². The van der Waals surface area contributed by atoms with Gasteiger partial charge in [0.25, 0.3) is 0 Å². The summed E-state index contributed by atoms with van der Waals surface area (Å²) in [6.07, 6.45) is 4.56. The van der Waals surface area contributed by atoms with Crippen LogP contribution in [0.1, 0.15) is 32.6 Å². The van der Waals surface area contributed by atoms with Crippen LogP contribution in [-0.2, 0) is 0 Å². The second-order valence-electron chi connectivity index (χ2n) is 2.05. The smallest absolute Gasteiger partial charge is 0.0902 e. The van der Waals surface area contributed by atoms with Gasteiger partial charge in [-0.25, -0.2) is 0 Å². The summed E-state index contributed by atoms with van der Waals surface area (Å²) >= 11 is 0. The highest BCUT2D eigenvalue weighted by Crippen LogP contribution is 2.06. The Morgan fingerprint density at radius 2 is 2.12 bits per heavy atom. The molecule has 0 fully saturated rings. The van der Waals surface area contributed by atoms with Gasteiger partial charge >= 0.3 is 0 Å². The number of unbranched alkanes of at least 4 members (excludes halogenated alkanes) is 2. The van der Waals surface area contributed by atoms with Crippen LogP contribution in [0, 0.1) is 13.0 Å². The van der Waals surface area contributed by atoms with Crippen molar-refractivity contribution in [1.82, 2.24) is 0 Å². The van der Waals surface area contributed by atoms with Crippen LogP contribution in [0.2, 0.25) is 0 Å². The summed E-state index contributed by atoms with van der Waals surface area (Å²) in [6, 6.07) is 0. The van der Waals surface area contributed by atoms with Gasteiger partial charge in [0.15, 0.2) is 0 Å². The fourth-order valence-corrected chi connectivity index (χ4v) is 0.558. The minimum absolute atomic E-state index is 0.540. The van der Waals surface area contributed by atoms with Gasteiger partial charge < -0.3 is 5.11 Å². The van der Waals surface area contributed by atoms with E-state index in [1.165, 1.54) is 0 Å². The van der Waals surface area contributed by atoms with E-state index in [2.05, 4.69) is 6.92 Å². The van der Waals surface area contributed by atoms with Crippen molar-refractivity contribution in [2.45, 2.75) is 32.6 Å². The molecule has 0 aromatic heterocycles. The summed E-state index contributed by atoms with van der Waals surface area (Å²) in [5.74, 6) is 0. The fourth-order valence-electron chi connectivity index (χ4n) is 0.558. The molecule has 48 valence electrons. The van der Waals surface area contributed by atoms with Crippen LogP contribution in [0.3, 0.4) is 0 Å². The van der Waals surface area contributed by atoms with E-state index in [1.807, 2.05) is 0 Å². The van der Waals surface area contributed by atoms with Crippen LogP contribution in [0.15, 0.2) is 0 Å². The summed E-state index contributed by atoms with van der Waals surface area (Å²) in [5, 5.41) is 8.68. The zero-order chi connectivity index (χ0) is 6.41. The van der Waals surface area contributed by atoms with Crippen LogP contribution >= 0.6 is 0 Å². The van der Waals surface area contributed by atoms with E-state index in [1.54, 1.807) is 6.92 Å². The Kier molecular flexibility index (Phi) is 5.08. The van der Waals surface area contributed by atoms with Crippen molar-refractivity contribution in [2.24, 2.45) is 0 Å². The Morgan fingerprint density at radius 3 is 2.50 bits per heavy atom. The van der Waals surface area contributed by atoms with Crippen molar-refractivity contribution in [2.75, 3.05) is 0 Å². The normalized spacial score (nSPS) is 10.5. The number of aliphatic hydroxyl groups is 1. The molecule has 0 aliphatic rings. The van der Waals surface area contributed by atoms with E-state index in [4.69, 9.17) is 5.11 Å². The lowest BCUT2D eigenvalue weighted by Gasteiger charge is -1.98. The molecule has 0 bridgehead atoms. The minimum atomic E-state index is 0.540. The molecule has 0 atom stereocenters. The third-order valence-corrected chi connectivity index (χ3v) is 1.04. The first-order valence-electron chi connectivity index (χ1n) is 3.08. The SMILES string of the molecule is [CH2]CCCC[C](C)O. The monoisotopic (exact) mass is 114 g/mol. The standard InChI is InChI=1S/C7H14O/c1-3-4-5-6-7(2)8/h8H,1,3-6H2,2H3. The van der Waals surface area contributed by atoms with Crippen LogP contribution in [0.4, 0.5) is 0 Å². The van der Waals surface area contributed by atoms with E-state index in [0.29, 0.717) is 6.10 Å². The molecule has 0 aromatic carbocycles. The van der Waals surface area contributed by atoms with Gasteiger partial charge in [-0.3, -0.25) is 0 Å². The quantitative estimate of drug-likeness (QED) is 0.556. The molecule has 1 heteroatoms. The van der Waals surface area contributed by atoms with Crippen LogP contribution in [0.5, 0.6) is 0 Å². The first-order valence-corrected chi connectivity index (χ1v) is 3.08. The number of hydrogen-bond donors (Lipinski definition) is 1. The summed E-state index contributed by atoms with van der Waals surface area (Å²) in [5.41, 5.74) is 0. The highest BCUT2D eigenvalue weighted by atomic mass is 16.3. The maximum absolute atomic E-state index is 8.68. The molecule has 0 aliphatic heterocycles. The molecule has 8 heavy (non-hydrogen) atoms. The number of hydrogen-bond acceptors (Lipinski definition) is 1. The molecular weight excluding hydrogens is 100 g/mol. The van der Waals surface area contributed by atoms with Crippen LogP contribution < -0.4 is 0 Å². The van der Waals surface area contributed by atoms with E-state index in [0.717, 1.165) is 25.7 Å². The Morgan fingerprint density at radius 1 is 1.50 bits per heavy atom. The summed E-state index contributed by atoms with van der Waals surface area (Å²) < 4.78 is 0. The lowest BCUT2D eigenvalue weighted by Crippen LogP contribution is -1.87. The van der Waals surface area contributed by atoms with Gasteiger partial charge in [0, 0.05) is 0 Å². The third kappa shape index (κ3) is 5.96. The second kappa shape index (κ2) is 5.10. The Balaban J connectivity index is 2.72. The zero-order valence-electron chi connectivity index (χ0n) is 5.48. The molecule has 0 aliphatic carbocycles. The van der Waals surface area contributed by atoms with E-state index in [-0.39, 0.29) is 0 Å². The molecule has 0 heterocycles. The lowest BCUT2D eigenvalue weighted by molar-refractivity contribution is 0.291. The van der Waals surface area contributed by atoms with Crippen molar-refractivity contribution in [3.63, 3.8) is 0 Å². The summed E-state index contributed by atoms with van der Waals surface area (Å²) in [6.45, 7) is 5.43. The molecule has 1 nitrogen and oxygen atoms in total. The lowest BCUT2D eigenvalue weighted by atomic mass is 10.1. The van der Waals surface area contributed by atoms with Crippen molar-refractivity contribution in [3.8, 4) is 0 Å². The van der Waals surface area contributed by atoms with E-state index >= 15 is 0 Å². The largest absolute Gasteiger partial charge is 0.387 e. The maximum atomic E-state index is 8.68. The molecular formula is C7H14O. The van der Waals surface area contributed by atoms with Gasteiger partial charge in [-0.15, -0.1) is 0 Å². The minimum Gasteiger partial charge on any atom is -0.387 e. The van der Waals surface area contributed by atoms with Crippen molar-refractivity contribution < 1.29 is 5.11 Å². The Labute approximate surface area is 51.7 Å². The molecule has 0 unspecified atom stereocenters. The number of aliphatic hydroxyl groups excluding tert-OH is 1. The van der Waals surface area contributed by atoms with Gasteiger partial charge in [-0.1, -0.05) is 26.2 Å². The summed E-state index contributed by atoms with van der Waals surface area (Å²) in [4.78, 5) is 0. The first-order chi connectivity index (χ1) is 3.77. The maximum Gasteiger partial charge on any atom is 0.0902 e. The Hall–Kier alpha value is -0.0400. The topological polar surface area (TPSA) is 20.2 Å². The highest BCUT2D eigenvalue weighted by molar-refractivity contribution is 4.66. The Bertz CT molecular complexity index is 41.7. The summed E-state index contributed by atoms with van der Waals surface area (Å²) in [7, 11) is 0. The van der Waals surface area contributed by atoms with E-state index in [9.17, 15) is 0 Å². The zero-order valence-corrected chi connectivity index (χ0v) is 5.48. The molecule has 0 rings (SSSR count). The second-order valence-corrected chi connectivity index (χ2v) is 2.05.